The lowest BCUT2D eigenvalue weighted by Gasteiger charge is -2.26. The van der Waals surface area contributed by atoms with Crippen molar-refractivity contribution in [2.24, 2.45) is 5.92 Å². The van der Waals surface area contributed by atoms with Crippen LogP contribution >= 0.6 is 0 Å². The minimum Gasteiger partial charge on any atom is -0.465 e. The number of hydrogen-bond donors (Lipinski definition) is 2. The molecule has 2 aromatic rings. The summed E-state index contributed by atoms with van der Waals surface area (Å²) < 4.78 is 0. The van der Waals surface area contributed by atoms with Crippen LogP contribution in [0.2, 0.25) is 0 Å². The summed E-state index contributed by atoms with van der Waals surface area (Å²) >= 11 is 0. The molecule has 6 heteroatoms. The van der Waals surface area contributed by atoms with Crippen molar-refractivity contribution in [2.45, 2.75) is 26.3 Å². The number of nitrogens with one attached hydrogen (secondary N) is 1. The van der Waals surface area contributed by atoms with Gasteiger partial charge in [-0.25, -0.2) is 4.79 Å². The zero-order valence-corrected chi connectivity index (χ0v) is 13.5. The molecule has 0 saturated heterocycles. The van der Waals surface area contributed by atoms with Crippen LogP contribution in [-0.4, -0.2) is 40.1 Å². The lowest BCUT2D eigenvalue weighted by molar-refractivity contribution is -0.120. The fourth-order valence-corrected chi connectivity index (χ4v) is 2.41. The summed E-state index contributed by atoms with van der Waals surface area (Å²) in [5.41, 5.74) is 0.628. The number of anilines is 1. The number of pyridine rings is 1. The molecule has 23 heavy (non-hydrogen) atoms. The van der Waals surface area contributed by atoms with Gasteiger partial charge in [0.15, 0.2) is 0 Å². The van der Waals surface area contributed by atoms with E-state index in [0.29, 0.717) is 12.1 Å². The van der Waals surface area contributed by atoms with E-state index in [9.17, 15) is 9.59 Å². The Morgan fingerprint density at radius 2 is 2.00 bits per heavy atom. The lowest BCUT2D eigenvalue weighted by Crippen LogP contribution is -2.45. The molecule has 1 aromatic carbocycles. The number of hydrogen-bond acceptors (Lipinski definition) is 3. The second kappa shape index (κ2) is 7.09. The zero-order chi connectivity index (χ0) is 17.0. The van der Waals surface area contributed by atoms with E-state index < -0.39 is 12.1 Å². The van der Waals surface area contributed by atoms with Crippen molar-refractivity contribution in [1.29, 1.82) is 0 Å². The number of carboxylic acid groups (broad SMARTS) is 1. The topological polar surface area (TPSA) is 82.5 Å². The van der Waals surface area contributed by atoms with Gasteiger partial charge in [-0.15, -0.1) is 0 Å². The second-order valence-electron chi connectivity index (χ2n) is 5.97. The summed E-state index contributed by atoms with van der Waals surface area (Å²) in [4.78, 5) is 28.8. The van der Waals surface area contributed by atoms with E-state index in [-0.39, 0.29) is 11.8 Å². The highest BCUT2D eigenvalue weighted by Gasteiger charge is 2.27. The molecule has 0 spiro atoms. The summed E-state index contributed by atoms with van der Waals surface area (Å²) in [5, 5.41) is 13.9. The molecule has 1 aromatic heterocycles. The predicted octanol–water partition coefficient (Wildman–Crippen LogP) is 3.20. The number of amides is 2. The number of fused-ring (bicyclic) bond motifs is 1. The molecular weight excluding hydrogens is 294 g/mol. The van der Waals surface area contributed by atoms with Gasteiger partial charge in [-0.1, -0.05) is 19.9 Å². The van der Waals surface area contributed by atoms with Crippen LogP contribution < -0.4 is 5.32 Å². The third-order valence-electron chi connectivity index (χ3n) is 3.67. The van der Waals surface area contributed by atoms with Gasteiger partial charge in [-0.2, -0.15) is 0 Å². The molecular formula is C17H21N3O3. The molecule has 1 heterocycles. The maximum Gasteiger partial charge on any atom is 0.407 e. The quantitative estimate of drug-likeness (QED) is 0.887. The standard InChI is InChI=1S/C17H21N3O3/c1-11(2)8-15(20(3)17(22)23)16(21)19-14-5-4-12-6-7-18-10-13(12)9-14/h4-7,9-11,15H,8H2,1-3H3,(H,19,21)(H,22,23). The van der Waals surface area contributed by atoms with Crippen molar-refractivity contribution < 1.29 is 14.7 Å². The normalized spacial score (nSPS) is 12.2. The maximum atomic E-state index is 12.5. The van der Waals surface area contributed by atoms with Gasteiger partial charge >= 0.3 is 6.09 Å². The van der Waals surface area contributed by atoms with Crippen LogP contribution in [0.1, 0.15) is 20.3 Å². The van der Waals surface area contributed by atoms with Crippen molar-refractivity contribution in [3.8, 4) is 0 Å². The highest BCUT2D eigenvalue weighted by molar-refractivity contribution is 5.98. The van der Waals surface area contributed by atoms with Gasteiger partial charge in [0.1, 0.15) is 6.04 Å². The van der Waals surface area contributed by atoms with E-state index in [0.717, 1.165) is 15.7 Å². The van der Waals surface area contributed by atoms with Crippen LogP contribution in [0.3, 0.4) is 0 Å². The van der Waals surface area contributed by atoms with Crippen molar-refractivity contribution in [1.82, 2.24) is 9.88 Å². The highest BCUT2D eigenvalue weighted by atomic mass is 16.4. The number of benzene rings is 1. The Hall–Kier alpha value is -2.63. The molecule has 0 aliphatic heterocycles. The van der Waals surface area contributed by atoms with Gasteiger partial charge in [0.05, 0.1) is 0 Å². The molecule has 122 valence electrons. The molecule has 6 nitrogen and oxygen atoms in total. The van der Waals surface area contributed by atoms with Crippen LogP contribution in [0.4, 0.5) is 10.5 Å². The first-order chi connectivity index (χ1) is 10.9. The van der Waals surface area contributed by atoms with Crippen molar-refractivity contribution in [2.75, 3.05) is 12.4 Å². The first-order valence-corrected chi connectivity index (χ1v) is 7.49. The summed E-state index contributed by atoms with van der Waals surface area (Å²) in [6.45, 7) is 3.91. The number of aromatic nitrogens is 1. The lowest BCUT2D eigenvalue weighted by atomic mass is 10.0. The Morgan fingerprint density at radius 3 is 2.65 bits per heavy atom. The number of likely N-dealkylation sites (N-methyl/N-ethyl adjacent to an activating group) is 1. The van der Waals surface area contributed by atoms with E-state index in [2.05, 4.69) is 10.3 Å². The largest absolute Gasteiger partial charge is 0.465 e. The Balaban J connectivity index is 2.20. The average Bonchev–Trinajstić information content (AvgIpc) is 2.51. The number of nitrogens with zero attached hydrogens (tertiary/aromatic N) is 2. The van der Waals surface area contributed by atoms with Crippen molar-refractivity contribution >= 4 is 28.5 Å². The summed E-state index contributed by atoms with van der Waals surface area (Å²) in [5.74, 6) is -0.125. The molecule has 0 aliphatic rings. The Bertz CT molecular complexity index is 715. The summed E-state index contributed by atoms with van der Waals surface area (Å²) in [7, 11) is 1.42. The van der Waals surface area contributed by atoms with E-state index in [1.165, 1.54) is 7.05 Å². The number of carbonyl (C=O) groups is 2. The molecule has 2 N–H and O–H groups in total. The minimum absolute atomic E-state index is 0.202. The molecule has 0 saturated carbocycles. The molecule has 0 aliphatic carbocycles. The van der Waals surface area contributed by atoms with E-state index >= 15 is 0 Å². The molecule has 2 rings (SSSR count). The molecule has 0 radical (unpaired) electrons. The van der Waals surface area contributed by atoms with Gasteiger partial charge < -0.3 is 10.4 Å². The van der Waals surface area contributed by atoms with Crippen LogP contribution in [-0.2, 0) is 4.79 Å². The number of carbonyl (C=O) groups excluding carboxylic acids is 1. The molecule has 1 atom stereocenters. The monoisotopic (exact) mass is 315 g/mol. The van der Waals surface area contributed by atoms with Crippen molar-refractivity contribution in [3.05, 3.63) is 36.7 Å². The first-order valence-electron chi connectivity index (χ1n) is 7.49. The highest BCUT2D eigenvalue weighted by Crippen LogP contribution is 2.19. The molecule has 1 unspecified atom stereocenters. The fourth-order valence-electron chi connectivity index (χ4n) is 2.41. The molecule has 0 fully saturated rings. The van der Waals surface area contributed by atoms with Gasteiger partial charge in [0, 0.05) is 30.5 Å². The van der Waals surface area contributed by atoms with Crippen molar-refractivity contribution in [3.63, 3.8) is 0 Å². The average molecular weight is 315 g/mol. The van der Waals surface area contributed by atoms with Crippen LogP contribution in [0.15, 0.2) is 36.7 Å². The second-order valence-corrected chi connectivity index (χ2v) is 5.97. The van der Waals surface area contributed by atoms with Crippen LogP contribution in [0.5, 0.6) is 0 Å². The maximum absolute atomic E-state index is 12.5. The third kappa shape index (κ3) is 4.18. The zero-order valence-electron chi connectivity index (χ0n) is 13.5. The predicted molar refractivity (Wildman–Crippen MR) is 89.4 cm³/mol. The smallest absolute Gasteiger partial charge is 0.407 e. The Labute approximate surface area is 135 Å². The SMILES string of the molecule is CC(C)CC(C(=O)Nc1ccc2ccncc2c1)N(C)C(=O)O. The summed E-state index contributed by atoms with van der Waals surface area (Å²) in [6.07, 6.45) is 2.78. The fraction of sp³-hybridized carbons (Fsp3) is 0.353. The van der Waals surface area contributed by atoms with Gasteiger partial charge in [0.25, 0.3) is 0 Å². The van der Waals surface area contributed by atoms with E-state index in [1.54, 1.807) is 18.5 Å². The first kappa shape index (κ1) is 16.7. The van der Waals surface area contributed by atoms with E-state index in [4.69, 9.17) is 5.11 Å². The van der Waals surface area contributed by atoms with Crippen LogP contribution in [0.25, 0.3) is 10.8 Å². The van der Waals surface area contributed by atoms with Crippen LogP contribution in [0, 0.1) is 5.92 Å². The van der Waals surface area contributed by atoms with Gasteiger partial charge in [-0.05, 0) is 35.9 Å². The van der Waals surface area contributed by atoms with Gasteiger partial charge in [0.2, 0.25) is 5.91 Å². The van der Waals surface area contributed by atoms with Gasteiger partial charge in [-0.3, -0.25) is 14.7 Å². The minimum atomic E-state index is -1.12. The number of rotatable bonds is 5. The molecule has 0 bridgehead atoms. The Morgan fingerprint density at radius 1 is 1.26 bits per heavy atom. The third-order valence-corrected chi connectivity index (χ3v) is 3.67. The summed E-state index contributed by atoms with van der Waals surface area (Å²) in [6, 6.07) is 6.68. The molecule has 2 amide bonds. The Kier molecular flexibility index (Phi) is 5.16. The van der Waals surface area contributed by atoms with E-state index in [1.807, 2.05) is 32.0 Å².